The van der Waals surface area contributed by atoms with Crippen molar-refractivity contribution in [1.29, 1.82) is 0 Å². The van der Waals surface area contributed by atoms with Crippen molar-refractivity contribution in [3.05, 3.63) is 46.0 Å². The first-order valence-corrected chi connectivity index (χ1v) is 11.4. The third kappa shape index (κ3) is 4.14. The summed E-state index contributed by atoms with van der Waals surface area (Å²) in [5.41, 5.74) is 1.30. The van der Waals surface area contributed by atoms with E-state index in [1.165, 1.54) is 0 Å². The van der Waals surface area contributed by atoms with E-state index in [-0.39, 0.29) is 17.7 Å². The molecule has 0 bridgehead atoms. The van der Waals surface area contributed by atoms with E-state index in [2.05, 4.69) is 32.3 Å². The lowest BCUT2D eigenvalue weighted by atomic mass is 9.95. The van der Waals surface area contributed by atoms with Crippen molar-refractivity contribution in [2.45, 2.75) is 51.3 Å². The number of tetrazole rings is 1. The zero-order valence-electron chi connectivity index (χ0n) is 18.7. The Bertz CT molecular complexity index is 1130. The number of nitrogens with zero attached hydrogens (tertiary/aromatic N) is 5. The van der Waals surface area contributed by atoms with Crippen LogP contribution >= 0.6 is 0 Å². The van der Waals surface area contributed by atoms with Crippen molar-refractivity contribution in [2.24, 2.45) is 5.92 Å². The number of aromatic amines is 1. The highest BCUT2D eigenvalue weighted by molar-refractivity contribution is 5.80. The van der Waals surface area contributed by atoms with E-state index >= 15 is 0 Å². The molecule has 2 aliphatic heterocycles. The van der Waals surface area contributed by atoms with Gasteiger partial charge in [0.1, 0.15) is 11.8 Å². The Hall–Kier alpha value is -2.78. The molecule has 4 heterocycles. The van der Waals surface area contributed by atoms with Crippen LogP contribution in [0, 0.1) is 5.92 Å². The molecule has 0 unspecified atom stereocenters. The Kier molecular flexibility index (Phi) is 5.93. The van der Waals surface area contributed by atoms with Crippen LogP contribution in [0.4, 0.5) is 0 Å². The maximum absolute atomic E-state index is 13.3. The molecule has 0 saturated carbocycles. The minimum Gasteiger partial charge on any atom is -0.497 e. The predicted molar refractivity (Wildman–Crippen MR) is 120 cm³/mol. The van der Waals surface area contributed by atoms with E-state index in [1.54, 1.807) is 7.11 Å². The van der Waals surface area contributed by atoms with Crippen LogP contribution in [0.5, 0.6) is 5.75 Å². The largest absolute Gasteiger partial charge is 0.497 e. The van der Waals surface area contributed by atoms with E-state index in [0.717, 1.165) is 56.3 Å². The highest BCUT2D eigenvalue weighted by Gasteiger charge is 2.33. The monoisotopic (exact) mass is 438 g/mol. The van der Waals surface area contributed by atoms with Gasteiger partial charge in [0.25, 0.3) is 5.56 Å². The minimum atomic E-state index is -0.311. The molecular weight excluding hydrogens is 408 g/mol. The number of rotatable bonds is 6. The van der Waals surface area contributed by atoms with Gasteiger partial charge in [0, 0.05) is 18.2 Å². The van der Waals surface area contributed by atoms with Crippen molar-refractivity contribution >= 4 is 10.9 Å². The molecular formula is C23H30N6O3. The standard InChI is InChI=1S/C23H30N6O3/c1-15-7-9-28(10-8-15)21(22-25-26-27-29(22)14-18-4-3-11-32-18)19-12-16-5-6-17(31-2)13-20(16)24-23(19)30/h5-6,12-13,15,18,21H,3-4,7-11,14H2,1-2H3,(H,24,30)/t18-,21+/m0/s1. The Morgan fingerprint density at radius 1 is 1.25 bits per heavy atom. The highest BCUT2D eigenvalue weighted by Crippen LogP contribution is 2.31. The number of fused-ring (bicyclic) bond motifs is 1. The highest BCUT2D eigenvalue weighted by atomic mass is 16.5. The Labute approximate surface area is 186 Å². The van der Waals surface area contributed by atoms with Gasteiger partial charge in [0.05, 0.1) is 25.3 Å². The summed E-state index contributed by atoms with van der Waals surface area (Å²) in [5.74, 6) is 2.09. The van der Waals surface area contributed by atoms with Crippen LogP contribution in [0.25, 0.3) is 10.9 Å². The van der Waals surface area contributed by atoms with Crippen molar-refractivity contribution in [2.75, 3.05) is 26.8 Å². The normalized spacial score (nSPS) is 21.2. The first-order chi connectivity index (χ1) is 15.6. The number of H-pyrrole nitrogens is 1. The Morgan fingerprint density at radius 2 is 2.09 bits per heavy atom. The van der Waals surface area contributed by atoms with Crippen molar-refractivity contribution in [1.82, 2.24) is 30.1 Å². The number of nitrogens with one attached hydrogen (secondary N) is 1. The molecule has 9 heteroatoms. The number of pyridine rings is 1. The summed E-state index contributed by atoms with van der Waals surface area (Å²) in [5, 5.41) is 13.6. The molecule has 1 aromatic carbocycles. The third-order valence-electron chi connectivity index (χ3n) is 6.76. The molecule has 0 spiro atoms. The lowest BCUT2D eigenvalue weighted by Gasteiger charge is -2.36. The van der Waals surface area contributed by atoms with Crippen LogP contribution in [-0.4, -0.2) is 63.0 Å². The number of methoxy groups -OCH3 is 1. The summed E-state index contributed by atoms with van der Waals surface area (Å²) in [4.78, 5) is 18.7. The number of ether oxygens (including phenoxy) is 2. The average Bonchev–Trinajstić information content (AvgIpc) is 3.48. The van der Waals surface area contributed by atoms with Crippen LogP contribution < -0.4 is 10.3 Å². The fraction of sp³-hybridized carbons (Fsp3) is 0.565. The fourth-order valence-electron chi connectivity index (χ4n) is 4.83. The van der Waals surface area contributed by atoms with Gasteiger partial charge in [-0.15, -0.1) is 5.10 Å². The number of hydrogen-bond acceptors (Lipinski definition) is 7. The van der Waals surface area contributed by atoms with Crippen LogP contribution in [0.2, 0.25) is 0 Å². The van der Waals surface area contributed by atoms with Gasteiger partial charge < -0.3 is 14.5 Å². The second kappa shape index (κ2) is 8.99. The molecule has 0 amide bonds. The first-order valence-electron chi connectivity index (χ1n) is 11.4. The van der Waals surface area contributed by atoms with E-state index in [1.807, 2.05) is 28.9 Å². The molecule has 2 aliphatic rings. The summed E-state index contributed by atoms with van der Waals surface area (Å²) in [6.07, 6.45) is 4.35. The van der Waals surface area contributed by atoms with Gasteiger partial charge >= 0.3 is 0 Å². The Balaban J connectivity index is 1.57. The van der Waals surface area contributed by atoms with Gasteiger partial charge in [-0.3, -0.25) is 9.69 Å². The smallest absolute Gasteiger partial charge is 0.253 e. The fourth-order valence-corrected chi connectivity index (χ4v) is 4.83. The molecule has 32 heavy (non-hydrogen) atoms. The molecule has 170 valence electrons. The van der Waals surface area contributed by atoms with Crippen LogP contribution in [0.1, 0.15) is 50.0 Å². The third-order valence-corrected chi connectivity index (χ3v) is 6.76. The number of benzene rings is 1. The van der Waals surface area contributed by atoms with E-state index < -0.39 is 0 Å². The molecule has 2 fully saturated rings. The average molecular weight is 439 g/mol. The Morgan fingerprint density at radius 3 is 2.84 bits per heavy atom. The maximum atomic E-state index is 13.3. The van der Waals surface area contributed by atoms with Crippen molar-refractivity contribution < 1.29 is 9.47 Å². The van der Waals surface area contributed by atoms with Gasteiger partial charge in [-0.25, -0.2) is 4.68 Å². The molecule has 1 N–H and O–H groups in total. The first kappa shape index (κ1) is 21.1. The second-order valence-electron chi connectivity index (χ2n) is 8.98. The van der Waals surface area contributed by atoms with Crippen LogP contribution in [0.3, 0.4) is 0 Å². The molecule has 2 saturated heterocycles. The minimum absolute atomic E-state index is 0.113. The summed E-state index contributed by atoms with van der Waals surface area (Å²) >= 11 is 0. The molecule has 3 aromatic rings. The summed E-state index contributed by atoms with van der Waals surface area (Å²) in [6, 6.07) is 7.39. The summed E-state index contributed by atoms with van der Waals surface area (Å²) in [7, 11) is 1.62. The number of likely N-dealkylation sites (tertiary alicyclic amines) is 1. The number of aromatic nitrogens is 5. The summed E-state index contributed by atoms with van der Waals surface area (Å²) in [6.45, 7) is 5.47. The van der Waals surface area contributed by atoms with Crippen LogP contribution in [0.15, 0.2) is 29.1 Å². The number of hydrogen-bond donors (Lipinski definition) is 1. The zero-order valence-corrected chi connectivity index (χ0v) is 18.7. The molecule has 0 aliphatic carbocycles. The molecule has 2 aromatic heterocycles. The quantitative estimate of drug-likeness (QED) is 0.631. The van der Waals surface area contributed by atoms with Gasteiger partial charge in [-0.1, -0.05) is 6.92 Å². The summed E-state index contributed by atoms with van der Waals surface area (Å²) < 4.78 is 13.0. The van der Waals surface area contributed by atoms with Gasteiger partial charge in [-0.2, -0.15) is 0 Å². The van der Waals surface area contributed by atoms with E-state index in [9.17, 15) is 4.79 Å². The van der Waals surface area contributed by atoms with Gasteiger partial charge in [-0.05, 0) is 78.7 Å². The van der Waals surface area contributed by atoms with Gasteiger partial charge in [0.2, 0.25) is 0 Å². The zero-order chi connectivity index (χ0) is 22.1. The number of piperidine rings is 1. The van der Waals surface area contributed by atoms with E-state index in [0.29, 0.717) is 29.6 Å². The van der Waals surface area contributed by atoms with Gasteiger partial charge in [0.15, 0.2) is 5.82 Å². The van der Waals surface area contributed by atoms with Crippen molar-refractivity contribution in [3.63, 3.8) is 0 Å². The molecule has 9 nitrogen and oxygen atoms in total. The predicted octanol–water partition coefficient (Wildman–Crippen LogP) is 2.52. The topological polar surface area (TPSA) is 98.2 Å². The SMILES string of the molecule is COc1ccc2cc([C@H](c3nnnn3C[C@@H]3CCCO3)N3CCC(C)CC3)c(=O)[nH]c2c1. The molecule has 0 radical (unpaired) electrons. The second-order valence-corrected chi connectivity index (χ2v) is 8.98. The molecule has 5 rings (SSSR count). The molecule has 2 atom stereocenters. The lowest BCUT2D eigenvalue weighted by Crippen LogP contribution is -2.40. The maximum Gasteiger partial charge on any atom is 0.253 e. The van der Waals surface area contributed by atoms with E-state index in [4.69, 9.17) is 9.47 Å². The van der Waals surface area contributed by atoms with Crippen molar-refractivity contribution in [3.8, 4) is 5.75 Å². The lowest BCUT2D eigenvalue weighted by molar-refractivity contribution is 0.0894. The van der Waals surface area contributed by atoms with Crippen LogP contribution in [-0.2, 0) is 11.3 Å².